The van der Waals surface area contributed by atoms with Crippen LogP contribution in [0.5, 0.6) is 0 Å². The molecule has 1 heterocycles. The number of alkyl halides is 3. The molecule has 0 amide bonds. The number of rotatable bonds is 4. The largest absolute Gasteiger partial charge is 0.416 e. The third kappa shape index (κ3) is 3.75. The van der Waals surface area contributed by atoms with Crippen LogP contribution in [0, 0.1) is 0 Å². The Morgan fingerprint density at radius 1 is 1.38 bits per heavy atom. The molecule has 1 saturated heterocycles. The van der Waals surface area contributed by atoms with Crippen molar-refractivity contribution in [3.63, 3.8) is 0 Å². The highest BCUT2D eigenvalue weighted by Crippen LogP contribution is 2.31. The van der Waals surface area contributed by atoms with E-state index in [0.29, 0.717) is 6.07 Å². The van der Waals surface area contributed by atoms with Gasteiger partial charge in [-0.15, -0.1) is 0 Å². The Bertz CT molecular complexity index is 596. The molecular formula is C13H17F3N2O2S. The van der Waals surface area contributed by atoms with Crippen LogP contribution in [-0.2, 0) is 16.2 Å². The number of nitrogens with zero attached hydrogens (tertiary/aromatic N) is 1. The molecule has 0 radical (unpaired) electrons. The molecule has 2 rings (SSSR count). The number of likely N-dealkylation sites (N-methyl/N-ethyl adjacent to an activating group) is 1. The van der Waals surface area contributed by atoms with Crippen LogP contribution in [0.25, 0.3) is 0 Å². The van der Waals surface area contributed by atoms with Crippen molar-refractivity contribution in [1.29, 1.82) is 0 Å². The molecule has 21 heavy (non-hydrogen) atoms. The highest BCUT2D eigenvalue weighted by Gasteiger charge is 2.32. The molecule has 4 nitrogen and oxygen atoms in total. The van der Waals surface area contributed by atoms with E-state index in [-0.39, 0.29) is 17.5 Å². The Balaban J connectivity index is 2.22. The summed E-state index contributed by atoms with van der Waals surface area (Å²) in [6, 6.07) is 3.88. The zero-order chi connectivity index (χ0) is 15.7. The molecule has 8 heteroatoms. The highest BCUT2D eigenvalue weighted by atomic mass is 32.2. The van der Waals surface area contributed by atoms with Crippen LogP contribution in [0.15, 0.2) is 29.2 Å². The number of hydrogen-bond acceptors (Lipinski definition) is 3. The SMILES string of the molecule is CN(CC1CCCN1)S(=O)(=O)c1cccc(C(F)(F)F)c1. The molecule has 1 aromatic carbocycles. The maximum atomic E-state index is 12.7. The summed E-state index contributed by atoms with van der Waals surface area (Å²) in [6.45, 7) is 1.08. The lowest BCUT2D eigenvalue weighted by Crippen LogP contribution is -2.38. The van der Waals surface area contributed by atoms with E-state index in [4.69, 9.17) is 0 Å². The number of hydrogen-bond donors (Lipinski definition) is 1. The quantitative estimate of drug-likeness (QED) is 0.923. The summed E-state index contributed by atoms with van der Waals surface area (Å²) in [4.78, 5) is -0.335. The number of benzene rings is 1. The molecule has 1 fully saturated rings. The lowest BCUT2D eigenvalue weighted by atomic mass is 10.2. The van der Waals surface area contributed by atoms with Gasteiger partial charge < -0.3 is 5.32 Å². The van der Waals surface area contributed by atoms with Crippen molar-refractivity contribution in [2.75, 3.05) is 20.1 Å². The summed E-state index contributed by atoms with van der Waals surface area (Å²) >= 11 is 0. The van der Waals surface area contributed by atoms with Crippen LogP contribution in [0.4, 0.5) is 13.2 Å². The Kier molecular flexibility index (Phi) is 4.60. The van der Waals surface area contributed by atoms with Crippen LogP contribution in [-0.4, -0.2) is 38.9 Å². The Labute approximate surface area is 122 Å². The van der Waals surface area contributed by atoms with Gasteiger partial charge in [0.1, 0.15) is 0 Å². The molecule has 0 aromatic heterocycles. The van der Waals surface area contributed by atoms with Crippen LogP contribution in [0.1, 0.15) is 18.4 Å². The van der Waals surface area contributed by atoms with Gasteiger partial charge in [-0.1, -0.05) is 6.07 Å². The average Bonchev–Trinajstić information content (AvgIpc) is 2.90. The summed E-state index contributed by atoms with van der Waals surface area (Å²) < 4.78 is 63.8. The van der Waals surface area contributed by atoms with E-state index in [1.807, 2.05) is 0 Å². The monoisotopic (exact) mass is 322 g/mol. The molecule has 0 spiro atoms. The van der Waals surface area contributed by atoms with Gasteiger partial charge in [-0.2, -0.15) is 17.5 Å². The zero-order valence-electron chi connectivity index (χ0n) is 11.5. The number of sulfonamides is 1. The maximum absolute atomic E-state index is 12.7. The van der Waals surface area contributed by atoms with E-state index in [9.17, 15) is 21.6 Å². The fraction of sp³-hybridized carbons (Fsp3) is 0.538. The predicted molar refractivity (Wildman–Crippen MR) is 72.3 cm³/mol. The maximum Gasteiger partial charge on any atom is 0.416 e. The smallest absolute Gasteiger partial charge is 0.313 e. The molecule has 1 aromatic rings. The number of halogens is 3. The topological polar surface area (TPSA) is 49.4 Å². The van der Waals surface area contributed by atoms with Gasteiger partial charge in [-0.25, -0.2) is 8.42 Å². The van der Waals surface area contributed by atoms with Crippen molar-refractivity contribution in [3.05, 3.63) is 29.8 Å². The predicted octanol–water partition coefficient (Wildman–Crippen LogP) is 2.08. The van der Waals surface area contributed by atoms with Crippen molar-refractivity contribution in [1.82, 2.24) is 9.62 Å². The van der Waals surface area contributed by atoms with E-state index >= 15 is 0 Å². The van der Waals surface area contributed by atoms with E-state index in [1.165, 1.54) is 13.1 Å². The highest BCUT2D eigenvalue weighted by molar-refractivity contribution is 7.89. The van der Waals surface area contributed by atoms with Gasteiger partial charge in [-0.05, 0) is 37.6 Å². The Morgan fingerprint density at radius 3 is 2.67 bits per heavy atom. The van der Waals surface area contributed by atoms with E-state index in [1.54, 1.807) is 0 Å². The first-order valence-electron chi connectivity index (χ1n) is 6.58. The molecule has 0 saturated carbocycles. The van der Waals surface area contributed by atoms with Crippen molar-refractivity contribution < 1.29 is 21.6 Å². The van der Waals surface area contributed by atoms with Gasteiger partial charge in [0, 0.05) is 19.6 Å². The zero-order valence-corrected chi connectivity index (χ0v) is 12.3. The molecule has 1 atom stereocenters. The summed E-state index contributed by atoms with van der Waals surface area (Å²) in [5.41, 5.74) is -0.962. The van der Waals surface area contributed by atoms with Crippen molar-refractivity contribution in [2.45, 2.75) is 30.0 Å². The summed E-state index contributed by atoms with van der Waals surface area (Å²) in [6.07, 6.45) is -2.72. The third-order valence-electron chi connectivity index (χ3n) is 3.51. The fourth-order valence-corrected chi connectivity index (χ4v) is 3.60. The summed E-state index contributed by atoms with van der Waals surface area (Å²) in [5, 5.41) is 3.16. The molecule has 0 aliphatic carbocycles. The van der Waals surface area contributed by atoms with E-state index in [2.05, 4.69) is 5.32 Å². The molecule has 0 bridgehead atoms. The number of nitrogens with one attached hydrogen (secondary N) is 1. The van der Waals surface area contributed by atoms with Crippen molar-refractivity contribution in [2.24, 2.45) is 0 Å². The lowest BCUT2D eigenvalue weighted by molar-refractivity contribution is -0.137. The van der Waals surface area contributed by atoms with Crippen LogP contribution < -0.4 is 5.32 Å². The summed E-state index contributed by atoms with van der Waals surface area (Å²) in [7, 11) is -2.53. The van der Waals surface area contributed by atoms with Crippen molar-refractivity contribution >= 4 is 10.0 Å². The Morgan fingerprint density at radius 2 is 2.10 bits per heavy atom. The van der Waals surface area contributed by atoms with Crippen LogP contribution in [0.2, 0.25) is 0 Å². The minimum atomic E-state index is -4.56. The minimum Gasteiger partial charge on any atom is -0.313 e. The second-order valence-electron chi connectivity index (χ2n) is 5.10. The minimum absolute atomic E-state index is 0.0515. The van der Waals surface area contributed by atoms with E-state index < -0.39 is 21.8 Å². The molecule has 1 N–H and O–H groups in total. The molecule has 1 aliphatic heterocycles. The van der Waals surface area contributed by atoms with Gasteiger partial charge in [0.2, 0.25) is 10.0 Å². The average molecular weight is 322 g/mol. The third-order valence-corrected chi connectivity index (χ3v) is 5.33. The normalized spacial score (nSPS) is 20.1. The molecule has 118 valence electrons. The molecule has 1 unspecified atom stereocenters. The van der Waals surface area contributed by atoms with Gasteiger partial charge in [0.25, 0.3) is 0 Å². The van der Waals surface area contributed by atoms with Crippen LogP contribution >= 0.6 is 0 Å². The second kappa shape index (κ2) is 5.94. The second-order valence-corrected chi connectivity index (χ2v) is 7.15. The Hall–Kier alpha value is -1.12. The van der Waals surface area contributed by atoms with Gasteiger partial charge >= 0.3 is 6.18 Å². The van der Waals surface area contributed by atoms with Crippen LogP contribution in [0.3, 0.4) is 0 Å². The molecule has 1 aliphatic rings. The van der Waals surface area contributed by atoms with Gasteiger partial charge in [0.05, 0.1) is 10.5 Å². The first-order chi connectivity index (χ1) is 9.71. The van der Waals surface area contributed by atoms with Crippen molar-refractivity contribution in [3.8, 4) is 0 Å². The fourth-order valence-electron chi connectivity index (χ4n) is 2.33. The van der Waals surface area contributed by atoms with Gasteiger partial charge in [0.15, 0.2) is 0 Å². The standard InChI is InChI=1S/C13H17F3N2O2S/c1-18(9-11-5-3-7-17-11)21(19,20)12-6-2-4-10(8-12)13(14,15)16/h2,4,6,8,11,17H,3,5,7,9H2,1H3. The van der Waals surface area contributed by atoms with Gasteiger partial charge in [-0.3, -0.25) is 0 Å². The first-order valence-corrected chi connectivity index (χ1v) is 8.02. The lowest BCUT2D eigenvalue weighted by Gasteiger charge is -2.21. The molecular weight excluding hydrogens is 305 g/mol. The first kappa shape index (κ1) is 16.3. The van der Waals surface area contributed by atoms with E-state index in [0.717, 1.165) is 35.8 Å². The summed E-state index contributed by atoms with van der Waals surface area (Å²) in [5.74, 6) is 0.